The molecular formula is C13H15NO5. The SMILES string of the molecule is CNC(=O)CCOc1ccc2c(c1)OC(C(=O)O)C2. The molecule has 1 unspecified atom stereocenters. The predicted molar refractivity (Wildman–Crippen MR) is 66.4 cm³/mol. The lowest BCUT2D eigenvalue weighted by molar-refractivity contribution is -0.144. The van der Waals surface area contributed by atoms with Crippen molar-refractivity contribution in [2.45, 2.75) is 18.9 Å². The second-order valence-corrected chi connectivity index (χ2v) is 4.19. The molecule has 1 heterocycles. The van der Waals surface area contributed by atoms with Gasteiger partial charge < -0.3 is 19.9 Å². The van der Waals surface area contributed by atoms with Crippen molar-refractivity contribution in [1.29, 1.82) is 0 Å². The number of ether oxygens (including phenoxy) is 2. The van der Waals surface area contributed by atoms with E-state index in [-0.39, 0.29) is 18.9 Å². The zero-order valence-electron chi connectivity index (χ0n) is 10.5. The number of carboxylic acid groups (broad SMARTS) is 1. The number of aliphatic carboxylic acids is 1. The Hall–Kier alpha value is -2.24. The minimum absolute atomic E-state index is 0.0941. The summed E-state index contributed by atoms with van der Waals surface area (Å²) in [5.74, 6) is 0.0279. The average Bonchev–Trinajstić information content (AvgIpc) is 2.81. The topological polar surface area (TPSA) is 84.9 Å². The number of nitrogens with one attached hydrogen (secondary N) is 1. The first-order chi connectivity index (χ1) is 9.10. The molecule has 1 aromatic carbocycles. The van der Waals surface area contributed by atoms with Gasteiger partial charge >= 0.3 is 5.97 Å². The maximum absolute atomic E-state index is 11.0. The second kappa shape index (κ2) is 5.60. The molecule has 0 aliphatic carbocycles. The molecule has 2 rings (SSSR count). The summed E-state index contributed by atoms with van der Waals surface area (Å²) in [6, 6.07) is 5.19. The van der Waals surface area contributed by atoms with Gasteiger partial charge in [0.1, 0.15) is 11.5 Å². The molecular weight excluding hydrogens is 250 g/mol. The summed E-state index contributed by atoms with van der Waals surface area (Å²) in [6.45, 7) is 0.265. The van der Waals surface area contributed by atoms with Crippen LogP contribution >= 0.6 is 0 Å². The molecule has 1 atom stereocenters. The largest absolute Gasteiger partial charge is 0.493 e. The summed E-state index contributed by atoms with van der Waals surface area (Å²) < 4.78 is 10.7. The van der Waals surface area contributed by atoms with Gasteiger partial charge in [0.15, 0.2) is 6.10 Å². The van der Waals surface area contributed by atoms with Crippen molar-refractivity contribution in [2.75, 3.05) is 13.7 Å². The fourth-order valence-electron chi connectivity index (χ4n) is 1.82. The van der Waals surface area contributed by atoms with Crippen LogP contribution in [0.3, 0.4) is 0 Å². The van der Waals surface area contributed by atoms with Crippen LogP contribution in [0.1, 0.15) is 12.0 Å². The van der Waals surface area contributed by atoms with Gasteiger partial charge in [-0.15, -0.1) is 0 Å². The highest BCUT2D eigenvalue weighted by molar-refractivity contribution is 5.75. The van der Waals surface area contributed by atoms with Gasteiger partial charge in [0, 0.05) is 19.5 Å². The summed E-state index contributed by atoms with van der Waals surface area (Å²) in [5, 5.41) is 11.4. The van der Waals surface area contributed by atoms with Crippen molar-refractivity contribution in [2.24, 2.45) is 0 Å². The van der Waals surface area contributed by atoms with Gasteiger partial charge in [0.05, 0.1) is 13.0 Å². The van der Waals surface area contributed by atoms with Crippen molar-refractivity contribution < 1.29 is 24.2 Å². The quantitative estimate of drug-likeness (QED) is 0.814. The Labute approximate surface area is 110 Å². The number of carbonyl (C=O) groups is 2. The molecule has 0 saturated carbocycles. The van der Waals surface area contributed by atoms with Crippen LogP contribution < -0.4 is 14.8 Å². The Kier molecular flexibility index (Phi) is 3.89. The van der Waals surface area contributed by atoms with Crippen LogP contribution in [0.25, 0.3) is 0 Å². The summed E-state index contributed by atoms with van der Waals surface area (Å²) >= 11 is 0. The Morgan fingerprint density at radius 3 is 3.00 bits per heavy atom. The maximum atomic E-state index is 11.0. The first-order valence-corrected chi connectivity index (χ1v) is 5.96. The Balaban J connectivity index is 1.94. The van der Waals surface area contributed by atoms with Crippen LogP contribution in [-0.2, 0) is 16.0 Å². The van der Waals surface area contributed by atoms with Crippen LogP contribution in [0.5, 0.6) is 11.5 Å². The van der Waals surface area contributed by atoms with E-state index in [1.54, 1.807) is 25.2 Å². The molecule has 0 fully saturated rings. The zero-order chi connectivity index (χ0) is 13.8. The highest BCUT2D eigenvalue weighted by Gasteiger charge is 2.28. The lowest BCUT2D eigenvalue weighted by Crippen LogP contribution is -2.24. The summed E-state index contributed by atoms with van der Waals surface area (Å²) in [6.07, 6.45) is -0.189. The molecule has 0 bridgehead atoms. The van der Waals surface area contributed by atoms with E-state index in [1.807, 2.05) is 0 Å². The fourth-order valence-corrected chi connectivity index (χ4v) is 1.82. The predicted octanol–water partition coefficient (Wildman–Crippen LogP) is 0.590. The highest BCUT2D eigenvalue weighted by atomic mass is 16.5. The minimum Gasteiger partial charge on any atom is -0.493 e. The molecule has 1 aromatic rings. The number of amides is 1. The average molecular weight is 265 g/mol. The summed E-state index contributed by atoms with van der Waals surface area (Å²) in [7, 11) is 1.57. The smallest absolute Gasteiger partial charge is 0.345 e. The van der Waals surface area contributed by atoms with E-state index in [9.17, 15) is 9.59 Å². The molecule has 0 spiro atoms. The number of rotatable bonds is 5. The molecule has 1 aliphatic rings. The maximum Gasteiger partial charge on any atom is 0.345 e. The van der Waals surface area contributed by atoms with Crippen LogP contribution in [0, 0.1) is 0 Å². The van der Waals surface area contributed by atoms with Crippen molar-refractivity contribution in [3.05, 3.63) is 23.8 Å². The number of hydrogen-bond donors (Lipinski definition) is 2. The van der Waals surface area contributed by atoms with Gasteiger partial charge in [0.25, 0.3) is 0 Å². The van der Waals surface area contributed by atoms with Crippen LogP contribution in [0.2, 0.25) is 0 Å². The lowest BCUT2D eigenvalue weighted by Gasteiger charge is -2.07. The van der Waals surface area contributed by atoms with E-state index >= 15 is 0 Å². The van der Waals surface area contributed by atoms with E-state index in [2.05, 4.69) is 5.32 Å². The number of benzene rings is 1. The number of carboxylic acids is 1. The van der Waals surface area contributed by atoms with E-state index in [4.69, 9.17) is 14.6 Å². The van der Waals surface area contributed by atoms with Crippen molar-refractivity contribution in [3.8, 4) is 11.5 Å². The molecule has 6 nitrogen and oxygen atoms in total. The van der Waals surface area contributed by atoms with Crippen LogP contribution in [0.15, 0.2) is 18.2 Å². The van der Waals surface area contributed by atoms with Crippen molar-refractivity contribution >= 4 is 11.9 Å². The molecule has 0 aromatic heterocycles. The van der Waals surface area contributed by atoms with E-state index < -0.39 is 12.1 Å². The Bertz CT molecular complexity index is 500. The first kappa shape index (κ1) is 13.2. The molecule has 19 heavy (non-hydrogen) atoms. The van der Waals surface area contributed by atoms with E-state index in [1.165, 1.54) is 0 Å². The Morgan fingerprint density at radius 1 is 1.53 bits per heavy atom. The molecule has 0 saturated heterocycles. The monoisotopic (exact) mass is 265 g/mol. The van der Waals surface area contributed by atoms with Gasteiger partial charge in [0.2, 0.25) is 5.91 Å². The van der Waals surface area contributed by atoms with Gasteiger partial charge in [-0.3, -0.25) is 4.79 Å². The highest BCUT2D eigenvalue weighted by Crippen LogP contribution is 2.32. The minimum atomic E-state index is -0.974. The molecule has 102 valence electrons. The zero-order valence-corrected chi connectivity index (χ0v) is 10.5. The third kappa shape index (κ3) is 3.15. The standard InChI is InChI=1S/C13H15NO5/c1-14-12(15)4-5-18-9-3-2-8-6-11(13(16)17)19-10(8)7-9/h2-3,7,11H,4-6H2,1H3,(H,14,15)(H,16,17). The lowest BCUT2D eigenvalue weighted by atomic mass is 10.1. The third-order valence-corrected chi connectivity index (χ3v) is 2.87. The van der Waals surface area contributed by atoms with Crippen molar-refractivity contribution in [1.82, 2.24) is 5.32 Å². The molecule has 2 N–H and O–H groups in total. The van der Waals surface area contributed by atoms with Gasteiger partial charge in [-0.25, -0.2) is 4.79 Å². The van der Waals surface area contributed by atoms with Gasteiger partial charge in [-0.1, -0.05) is 6.07 Å². The summed E-state index contributed by atoms with van der Waals surface area (Å²) in [5.41, 5.74) is 0.853. The fraction of sp³-hybridized carbons (Fsp3) is 0.385. The van der Waals surface area contributed by atoms with Gasteiger partial charge in [-0.05, 0) is 11.6 Å². The van der Waals surface area contributed by atoms with Crippen LogP contribution in [0.4, 0.5) is 0 Å². The number of hydrogen-bond acceptors (Lipinski definition) is 4. The normalized spacial score (nSPS) is 16.4. The van der Waals surface area contributed by atoms with Crippen molar-refractivity contribution in [3.63, 3.8) is 0 Å². The van der Waals surface area contributed by atoms with E-state index in [0.29, 0.717) is 17.9 Å². The third-order valence-electron chi connectivity index (χ3n) is 2.87. The van der Waals surface area contributed by atoms with Crippen LogP contribution in [-0.4, -0.2) is 36.7 Å². The second-order valence-electron chi connectivity index (χ2n) is 4.19. The molecule has 1 amide bonds. The van der Waals surface area contributed by atoms with E-state index in [0.717, 1.165) is 5.56 Å². The Morgan fingerprint density at radius 2 is 2.32 bits per heavy atom. The number of carbonyl (C=O) groups excluding carboxylic acids is 1. The van der Waals surface area contributed by atoms with Gasteiger partial charge in [-0.2, -0.15) is 0 Å². The number of fused-ring (bicyclic) bond motifs is 1. The summed E-state index contributed by atoms with van der Waals surface area (Å²) in [4.78, 5) is 21.9. The molecule has 0 radical (unpaired) electrons. The molecule has 6 heteroatoms. The first-order valence-electron chi connectivity index (χ1n) is 5.96. The molecule has 1 aliphatic heterocycles.